The second kappa shape index (κ2) is 5.91. The third-order valence-electron chi connectivity index (χ3n) is 7.40. The number of rotatable bonds is 4. The number of nitrogens with one attached hydrogen (secondary N) is 2. The van der Waals surface area contributed by atoms with E-state index in [9.17, 15) is 0 Å². The molecule has 4 unspecified atom stereocenters. The monoisotopic (exact) mass is 328 g/mol. The van der Waals surface area contributed by atoms with Crippen molar-refractivity contribution < 1.29 is 0 Å². The first kappa shape index (κ1) is 16.2. The molecule has 1 aliphatic heterocycles. The highest BCUT2D eigenvalue weighted by Crippen LogP contribution is 2.61. The Hall–Kier alpha value is -1.29. The third-order valence-corrected chi connectivity index (χ3v) is 7.40. The minimum absolute atomic E-state index is 0.541. The van der Waals surface area contributed by atoms with Gasteiger partial charge in [-0.3, -0.25) is 0 Å². The molecule has 132 valence electrons. The van der Waals surface area contributed by atoms with Gasteiger partial charge in [-0.1, -0.05) is 20.8 Å². The van der Waals surface area contributed by atoms with Crippen molar-refractivity contribution >= 4 is 11.5 Å². The van der Waals surface area contributed by atoms with E-state index in [1.807, 2.05) is 6.20 Å². The average Bonchev–Trinajstić information content (AvgIpc) is 3.05. The predicted octanol–water partition coefficient (Wildman–Crippen LogP) is 3.36. The van der Waals surface area contributed by atoms with Crippen molar-refractivity contribution in [1.29, 1.82) is 0 Å². The Labute approximate surface area is 146 Å². The van der Waals surface area contributed by atoms with Gasteiger partial charge in [-0.2, -0.15) is 0 Å². The summed E-state index contributed by atoms with van der Waals surface area (Å²) in [6, 6.07) is 5.46. The van der Waals surface area contributed by atoms with Crippen molar-refractivity contribution in [3.05, 3.63) is 18.3 Å². The molecular formula is C20H32N4. The summed E-state index contributed by atoms with van der Waals surface area (Å²) in [4.78, 5) is 7.19. The Morgan fingerprint density at radius 3 is 2.79 bits per heavy atom. The Morgan fingerprint density at radius 1 is 1.29 bits per heavy atom. The highest BCUT2D eigenvalue weighted by molar-refractivity contribution is 5.66. The number of likely N-dealkylation sites (N-methyl/N-ethyl adjacent to an activating group) is 1. The van der Waals surface area contributed by atoms with Gasteiger partial charge in [0.1, 0.15) is 5.82 Å². The van der Waals surface area contributed by atoms with E-state index in [0.29, 0.717) is 17.5 Å². The minimum atomic E-state index is 0.541. The van der Waals surface area contributed by atoms with E-state index in [4.69, 9.17) is 4.98 Å². The number of pyridine rings is 1. The standard InChI is InChI=1S/C20H32N4/c1-13-16-10-14(20(16,2)3)11-17(13)23-19-18(6-5-8-22-19)24-9-7-15(12-24)21-4/h5-6,8,13-17,21H,7,9-12H2,1-4H3,(H,22,23)/t13?,14?,15-,16?,17?/m1/s1. The van der Waals surface area contributed by atoms with Gasteiger partial charge < -0.3 is 15.5 Å². The van der Waals surface area contributed by atoms with Crippen LogP contribution in [0.4, 0.5) is 11.5 Å². The fourth-order valence-electron chi connectivity index (χ4n) is 5.49. The first-order valence-electron chi connectivity index (χ1n) is 9.64. The highest BCUT2D eigenvalue weighted by atomic mass is 15.2. The summed E-state index contributed by atoms with van der Waals surface area (Å²) in [5, 5.41) is 7.24. The van der Waals surface area contributed by atoms with E-state index in [-0.39, 0.29) is 0 Å². The molecule has 4 heteroatoms. The quantitative estimate of drug-likeness (QED) is 0.889. The largest absolute Gasteiger partial charge is 0.367 e. The molecule has 1 aromatic heterocycles. The van der Waals surface area contributed by atoms with Gasteiger partial charge in [0.2, 0.25) is 0 Å². The SMILES string of the molecule is CN[C@@H]1CCN(c2cccnc2NC2CC3CC(C2C)C3(C)C)C1. The molecule has 4 nitrogen and oxygen atoms in total. The molecule has 3 saturated carbocycles. The summed E-state index contributed by atoms with van der Waals surface area (Å²) in [6.07, 6.45) is 5.86. The summed E-state index contributed by atoms with van der Waals surface area (Å²) in [6.45, 7) is 9.56. The van der Waals surface area contributed by atoms with E-state index in [1.165, 1.54) is 24.9 Å². The van der Waals surface area contributed by atoms with Crippen molar-refractivity contribution in [2.45, 2.75) is 52.1 Å². The van der Waals surface area contributed by atoms with E-state index >= 15 is 0 Å². The Morgan fingerprint density at radius 2 is 2.12 bits per heavy atom. The maximum absolute atomic E-state index is 4.71. The van der Waals surface area contributed by atoms with Crippen LogP contribution >= 0.6 is 0 Å². The summed E-state index contributed by atoms with van der Waals surface area (Å²) in [7, 11) is 2.06. The van der Waals surface area contributed by atoms with E-state index in [1.54, 1.807) is 0 Å². The van der Waals surface area contributed by atoms with Crippen molar-refractivity contribution in [3.8, 4) is 0 Å². The van der Waals surface area contributed by atoms with Crippen molar-refractivity contribution in [2.75, 3.05) is 30.4 Å². The summed E-state index contributed by atoms with van der Waals surface area (Å²) in [5.74, 6) is 3.55. The second-order valence-electron chi connectivity index (χ2n) is 8.80. The molecule has 5 rings (SSSR count). The average molecular weight is 329 g/mol. The van der Waals surface area contributed by atoms with Gasteiger partial charge >= 0.3 is 0 Å². The number of fused-ring (bicyclic) bond motifs is 2. The number of hydrogen-bond donors (Lipinski definition) is 2. The molecule has 1 saturated heterocycles. The molecule has 0 spiro atoms. The molecule has 0 radical (unpaired) electrons. The van der Waals surface area contributed by atoms with Gasteiger partial charge in [-0.25, -0.2) is 4.98 Å². The topological polar surface area (TPSA) is 40.2 Å². The van der Waals surface area contributed by atoms with Crippen LogP contribution in [0, 0.1) is 23.2 Å². The van der Waals surface area contributed by atoms with Gasteiger partial charge in [0.15, 0.2) is 0 Å². The maximum Gasteiger partial charge on any atom is 0.149 e. The molecule has 1 aromatic rings. The van der Waals surface area contributed by atoms with Crippen LogP contribution < -0.4 is 15.5 Å². The smallest absolute Gasteiger partial charge is 0.149 e. The van der Waals surface area contributed by atoms with Gasteiger partial charge in [0, 0.05) is 31.4 Å². The number of nitrogens with zero attached hydrogens (tertiary/aromatic N) is 2. The molecule has 0 aromatic carbocycles. The molecule has 4 fully saturated rings. The zero-order valence-corrected chi connectivity index (χ0v) is 15.5. The van der Waals surface area contributed by atoms with Gasteiger partial charge in [0.25, 0.3) is 0 Å². The fourth-order valence-corrected chi connectivity index (χ4v) is 5.49. The Bertz CT molecular complexity index is 599. The predicted molar refractivity (Wildman–Crippen MR) is 100 cm³/mol. The first-order valence-corrected chi connectivity index (χ1v) is 9.64. The molecule has 2 N–H and O–H groups in total. The Balaban J connectivity index is 1.50. The van der Waals surface area contributed by atoms with Crippen LogP contribution in [0.2, 0.25) is 0 Å². The van der Waals surface area contributed by atoms with Crippen LogP contribution in [-0.2, 0) is 0 Å². The molecule has 5 atom stereocenters. The van der Waals surface area contributed by atoms with Crippen LogP contribution in [0.25, 0.3) is 0 Å². The minimum Gasteiger partial charge on any atom is -0.367 e. The van der Waals surface area contributed by atoms with Crippen LogP contribution in [0.1, 0.15) is 40.0 Å². The number of hydrogen-bond acceptors (Lipinski definition) is 4. The summed E-state index contributed by atoms with van der Waals surface area (Å²) in [5.41, 5.74) is 1.82. The highest BCUT2D eigenvalue weighted by Gasteiger charge is 2.56. The number of anilines is 2. The summed E-state index contributed by atoms with van der Waals surface area (Å²) < 4.78 is 0. The van der Waals surface area contributed by atoms with E-state index in [2.05, 4.69) is 55.5 Å². The normalized spacial score (nSPS) is 37.2. The Kier molecular flexibility index (Phi) is 3.98. The first-order chi connectivity index (χ1) is 11.5. The molecule has 0 amide bonds. The number of aromatic nitrogens is 1. The lowest BCUT2D eigenvalue weighted by Crippen LogP contribution is -2.58. The van der Waals surface area contributed by atoms with Crippen LogP contribution in [0.5, 0.6) is 0 Å². The van der Waals surface area contributed by atoms with Crippen molar-refractivity contribution in [2.24, 2.45) is 23.2 Å². The van der Waals surface area contributed by atoms with Crippen molar-refractivity contribution in [3.63, 3.8) is 0 Å². The molecule has 4 aliphatic rings. The van der Waals surface area contributed by atoms with Crippen LogP contribution in [0.15, 0.2) is 18.3 Å². The molecule has 2 heterocycles. The van der Waals surface area contributed by atoms with Gasteiger partial charge in [0.05, 0.1) is 5.69 Å². The zero-order chi connectivity index (χ0) is 16.9. The lowest BCUT2D eigenvalue weighted by molar-refractivity contribution is -0.105. The van der Waals surface area contributed by atoms with Crippen LogP contribution in [0.3, 0.4) is 0 Å². The molecule has 24 heavy (non-hydrogen) atoms. The lowest BCUT2D eigenvalue weighted by Gasteiger charge is -2.62. The zero-order valence-electron chi connectivity index (χ0n) is 15.5. The maximum atomic E-state index is 4.71. The molecular weight excluding hydrogens is 296 g/mol. The van der Waals surface area contributed by atoms with E-state index in [0.717, 1.165) is 36.7 Å². The van der Waals surface area contributed by atoms with Crippen molar-refractivity contribution in [1.82, 2.24) is 10.3 Å². The van der Waals surface area contributed by atoms with E-state index < -0.39 is 0 Å². The molecule has 2 bridgehead atoms. The third kappa shape index (κ3) is 2.50. The summed E-state index contributed by atoms with van der Waals surface area (Å²) >= 11 is 0. The van der Waals surface area contributed by atoms with Crippen LogP contribution in [-0.4, -0.2) is 37.2 Å². The lowest BCUT2D eigenvalue weighted by atomic mass is 9.45. The van der Waals surface area contributed by atoms with Gasteiger partial charge in [-0.15, -0.1) is 0 Å². The van der Waals surface area contributed by atoms with Gasteiger partial charge in [-0.05, 0) is 61.6 Å². The second-order valence-corrected chi connectivity index (χ2v) is 8.80. The molecule has 3 aliphatic carbocycles. The fraction of sp³-hybridized carbons (Fsp3) is 0.750.